The van der Waals surface area contributed by atoms with Crippen LogP contribution >= 0.6 is 0 Å². The first kappa shape index (κ1) is 19.5. The highest BCUT2D eigenvalue weighted by Crippen LogP contribution is 2.30. The van der Waals surface area contributed by atoms with Gasteiger partial charge in [0.25, 0.3) is 5.91 Å². The van der Waals surface area contributed by atoms with Gasteiger partial charge in [0.1, 0.15) is 0 Å². The van der Waals surface area contributed by atoms with Crippen molar-refractivity contribution in [3.8, 4) is 0 Å². The fourth-order valence-corrected chi connectivity index (χ4v) is 4.38. The Morgan fingerprint density at radius 1 is 1.10 bits per heavy atom. The van der Waals surface area contributed by atoms with Crippen LogP contribution in [0.3, 0.4) is 0 Å². The number of hydrogen-bond acceptors (Lipinski definition) is 4. The van der Waals surface area contributed by atoms with Crippen LogP contribution in [0.25, 0.3) is 10.9 Å². The minimum Gasteiger partial charge on any atom is -0.348 e. The molecule has 6 nitrogen and oxygen atoms in total. The van der Waals surface area contributed by atoms with Crippen LogP contribution in [0.15, 0.2) is 47.4 Å². The van der Waals surface area contributed by atoms with Gasteiger partial charge in [-0.15, -0.1) is 0 Å². The maximum Gasteiger partial charge on any atom is 0.252 e. The summed E-state index contributed by atoms with van der Waals surface area (Å²) in [4.78, 5) is 18.0. The van der Waals surface area contributed by atoms with E-state index in [1.165, 1.54) is 12.1 Å². The summed E-state index contributed by atoms with van der Waals surface area (Å²) in [5.74, 6) is -0.128. The van der Waals surface area contributed by atoms with Gasteiger partial charge in [-0.1, -0.05) is 23.8 Å². The minimum atomic E-state index is -3.73. The Balaban J connectivity index is 1.65. The molecule has 0 aliphatic heterocycles. The highest BCUT2D eigenvalue weighted by atomic mass is 32.2. The number of fused-ring (bicyclic) bond motifs is 2. The van der Waals surface area contributed by atoms with Gasteiger partial charge in [-0.05, 0) is 68.0 Å². The quantitative estimate of drug-likeness (QED) is 0.691. The summed E-state index contributed by atoms with van der Waals surface area (Å²) in [6.07, 6.45) is 3.91. The normalized spacial score (nSPS) is 13.9. The van der Waals surface area contributed by atoms with Crippen LogP contribution in [-0.4, -0.2) is 19.3 Å². The van der Waals surface area contributed by atoms with Gasteiger partial charge in [-0.3, -0.25) is 9.78 Å². The topological polar surface area (TPSA) is 102 Å². The maximum absolute atomic E-state index is 13.2. The monoisotopic (exact) mass is 409 g/mol. The van der Waals surface area contributed by atoms with Crippen molar-refractivity contribution in [2.75, 3.05) is 0 Å². The van der Waals surface area contributed by atoms with E-state index in [2.05, 4.69) is 5.32 Å². The Labute approximate surface area is 170 Å². The van der Waals surface area contributed by atoms with Crippen LogP contribution in [0.1, 0.15) is 45.6 Å². The summed E-state index contributed by atoms with van der Waals surface area (Å²) in [6, 6.07) is 12.2. The lowest BCUT2D eigenvalue weighted by atomic mass is 9.89. The molecular weight excluding hydrogens is 386 g/mol. The maximum atomic E-state index is 13.2. The Hall–Kier alpha value is -2.77. The Morgan fingerprint density at radius 3 is 2.55 bits per heavy atom. The summed E-state index contributed by atoms with van der Waals surface area (Å²) in [7, 11) is -3.73. The van der Waals surface area contributed by atoms with Gasteiger partial charge in [0.05, 0.1) is 16.0 Å². The molecule has 4 rings (SSSR count). The first-order valence-electron chi connectivity index (χ1n) is 9.65. The molecular formula is C22H23N3O3S. The molecule has 0 unspecified atom stereocenters. The van der Waals surface area contributed by atoms with E-state index in [0.29, 0.717) is 6.54 Å². The molecule has 0 atom stereocenters. The number of carbonyl (C=O) groups is 1. The third kappa shape index (κ3) is 4.02. The van der Waals surface area contributed by atoms with Crippen molar-refractivity contribution in [2.24, 2.45) is 5.14 Å². The number of nitrogens with two attached hydrogens (primary N) is 1. The van der Waals surface area contributed by atoms with Crippen molar-refractivity contribution >= 4 is 26.8 Å². The smallest absolute Gasteiger partial charge is 0.252 e. The van der Waals surface area contributed by atoms with Gasteiger partial charge in [-0.2, -0.15) is 0 Å². The van der Waals surface area contributed by atoms with Gasteiger partial charge < -0.3 is 5.32 Å². The predicted molar refractivity (Wildman–Crippen MR) is 112 cm³/mol. The number of benzene rings is 2. The molecule has 7 heteroatoms. The molecule has 1 aromatic heterocycles. The molecule has 0 saturated carbocycles. The van der Waals surface area contributed by atoms with E-state index in [1.807, 2.05) is 25.1 Å². The van der Waals surface area contributed by atoms with Gasteiger partial charge in [-0.25, -0.2) is 13.6 Å². The lowest BCUT2D eigenvalue weighted by Crippen LogP contribution is -2.26. The second kappa shape index (κ2) is 7.57. The Morgan fingerprint density at radius 2 is 1.83 bits per heavy atom. The van der Waals surface area contributed by atoms with Crippen LogP contribution in [-0.2, 0) is 29.4 Å². The summed E-state index contributed by atoms with van der Waals surface area (Å²) < 4.78 is 22.8. The third-order valence-corrected chi connectivity index (χ3v) is 6.28. The highest BCUT2D eigenvalue weighted by molar-refractivity contribution is 7.89. The summed E-state index contributed by atoms with van der Waals surface area (Å²) in [5.41, 5.74) is 5.52. The van der Waals surface area contributed by atoms with Crippen molar-refractivity contribution in [3.63, 3.8) is 0 Å². The molecule has 0 fully saturated rings. The predicted octanol–water partition coefficient (Wildman–Crippen LogP) is 3.00. The second-order valence-corrected chi connectivity index (χ2v) is 9.07. The Bertz CT molecular complexity index is 1200. The number of pyridine rings is 1. The van der Waals surface area contributed by atoms with Gasteiger partial charge >= 0.3 is 0 Å². The summed E-state index contributed by atoms with van der Waals surface area (Å²) in [5, 5.41) is 9.00. The molecule has 1 amide bonds. The third-order valence-electron chi connectivity index (χ3n) is 5.35. The Kier molecular flexibility index (Phi) is 5.10. The zero-order valence-corrected chi connectivity index (χ0v) is 17.1. The summed E-state index contributed by atoms with van der Waals surface area (Å²) >= 11 is 0. The van der Waals surface area contributed by atoms with Crippen LogP contribution in [0.2, 0.25) is 0 Å². The van der Waals surface area contributed by atoms with E-state index in [4.69, 9.17) is 10.1 Å². The molecule has 0 bridgehead atoms. The highest BCUT2D eigenvalue weighted by Gasteiger charge is 2.22. The van der Waals surface area contributed by atoms with E-state index in [9.17, 15) is 13.2 Å². The molecule has 0 radical (unpaired) electrons. The molecule has 150 valence electrons. The second-order valence-electron chi connectivity index (χ2n) is 7.51. The number of hydrogen-bond donors (Lipinski definition) is 2. The number of carbonyl (C=O) groups excluding carboxylic acids is 1. The van der Waals surface area contributed by atoms with Crippen LogP contribution in [0.4, 0.5) is 0 Å². The van der Waals surface area contributed by atoms with E-state index in [1.54, 1.807) is 12.1 Å². The zero-order valence-electron chi connectivity index (χ0n) is 16.2. The van der Waals surface area contributed by atoms with Crippen LogP contribution in [0.5, 0.6) is 0 Å². The fraction of sp³-hybridized carbons (Fsp3) is 0.273. The van der Waals surface area contributed by atoms with Crippen molar-refractivity contribution < 1.29 is 13.2 Å². The van der Waals surface area contributed by atoms with Gasteiger partial charge in [0.2, 0.25) is 10.0 Å². The number of primary sulfonamides is 1. The first-order valence-corrected chi connectivity index (χ1v) is 11.2. The largest absolute Gasteiger partial charge is 0.348 e. The standard InChI is InChI=1S/C22H23N3O3S/c1-14-6-11-20-18(12-14)21(17-4-2-3-5-19(17)25-20)22(26)24-13-15-7-9-16(10-8-15)29(23,27)28/h6-12H,2-5,13H2,1H3,(H,24,26)(H2,23,27,28). The van der Waals surface area contributed by atoms with Crippen molar-refractivity contribution in [1.29, 1.82) is 0 Å². The SMILES string of the molecule is Cc1ccc2nc3c(c(C(=O)NCc4ccc(S(N)(=O)=O)cc4)c2c1)CCCC3. The number of rotatable bonds is 4. The van der Waals surface area contributed by atoms with Crippen LogP contribution in [0, 0.1) is 6.92 Å². The van der Waals surface area contributed by atoms with Crippen LogP contribution < -0.4 is 10.5 Å². The molecule has 0 spiro atoms. The van der Waals surface area contributed by atoms with E-state index >= 15 is 0 Å². The average Bonchev–Trinajstić information content (AvgIpc) is 2.70. The average molecular weight is 410 g/mol. The van der Waals surface area contributed by atoms with Crippen molar-refractivity contribution in [1.82, 2.24) is 10.3 Å². The van der Waals surface area contributed by atoms with E-state index in [0.717, 1.165) is 64.5 Å². The lowest BCUT2D eigenvalue weighted by molar-refractivity contribution is 0.0951. The lowest BCUT2D eigenvalue weighted by Gasteiger charge is -2.20. The number of aromatic nitrogens is 1. The van der Waals surface area contributed by atoms with E-state index < -0.39 is 10.0 Å². The molecule has 3 aromatic rings. The molecule has 1 heterocycles. The molecule has 2 aromatic carbocycles. The molecule has 1 aliphatic carbocycles. The van der Waals surface area contributed by atoms with Crippen molar-refractivity contribution in [3.05, 3.63) is 70.4 Å². The molecule has 29 heavy (non-hydrogen) atoms. The van der Waals surface area contributed by atoms with E-state index in [-0.39, 0.29) is 10.8 Å². The number of nitrogens with zero attached hydrogens (tertiary/aromatic N) is 1. The number of amides is 1. The van der Waals surface area contributed by atoms with Gasteiger partial charge in [0, 0.05) is 17.6 Å². The first-order chi connectivity index (χ1) is 13.8. The van der Waals surface area contributed by atoms with Crippen molar-refractivity contribution in [2.45, 2.75) is 44.0 Å². The molecule has 0 saturated heterocycles. The molecule has 1 aliphatic rings. The van der Waals surface area contributed by atoms with Gasteiger partial charge in [0.15, 0.2) is 0 Å². The number of sulfonamides is 1. The minimum absolute atomic E-state index is 0.0530. The fourth-order valence-electron chi connectivity index (χ4n) is 3.86. The zero-order chi connectivity index (χ0) is 20.6. The number of aryl methyl sites for hydroxylation is 2. The molecule has 3 N–H and O–H groups in total. The number of nitrogens with one attached hydrogen (secondary N) is 1. The summed E-state index contributed by atoms with van der Waals surface area (Å²) in [6.45, 7) is 2.31.